The van der Waals surface area contributed by atoms with Gasteiger partial charge in [0.15, 0.2) is 0 Å². The van der Waals surface area contributed by atoms with E-state index in [4.69, 9.17) is 0 Å². The Morgan fingerprint density at radius 3 is 2.00 bits per heavy atom. The van der Waals surface area contributed by atoms with E-state index in [-0.39, 0.29) is 12.4 Å². The molecule has 0 spiro atoms. The number of hydrogen-bond donors (Lipinski definition) is 1. The van der Waals surface area contributed by atoms with Crippen molar-refractivity contribution < 1.29 is 0 Å². The zero-order valence-corrected chi connectivity index (χ0v) is 4.72. The molecular formula is C4H10ClN. The molecule has 1 heterocycles. The molecule has 0 aromatic rings. The van der Waals surface area contributed by atoms with Crippen LogP contribution in [-0.2, 0) is 0 Å². The molecule has 1 aliphatic heterocycles. The summed E-state index contributed by atoms with van der Waals surface area (Å²) in [6.45, 7) is 3.44. The van der Waals surface area contributed by atoms with Crippen LogP contribution in [-0.4, -0.2) is 12.6 Å². The molecule has 1 N–H and O–H groups in total. The molecule has 6 heavy (non-hydrogen) atoms. The van der Waals surface area contributed by atoms with Gasteiger partial charge in [0.05, 0.1) is 0 Å². The van der Waals surface area contributed by atoms with Crippen LogP contribution in [0.15, 0.2) is 0 Å². The van der Waals surface area contributed by atoms with Crippen LogP contribution >= 0.6 is 12.4 Å². The molecule has 0 unspecified atom stereocenters. The molecule has 1 rings (SSSR count). The van der Waals surface area contributed by atoms with Gasteiger partial charge >= 0.3 is 0 Å². The second kappa shape index (κ2) is 2.43. The largest absolute Gasteiger partial charge is 0.314 e. The zero-order valence-electron chi connectivity index (χ0n) is 3.90. The van der Waals surface area contributed by atoms with Crippen LogP contribution in [0.1, 0.15) is 13.3 Å². The van der Waals surface area contributed by atoms with Gasteiger partial charge < -0.3 is 5.32 Å². The van der Waals surface area contributed by atoms with Crippen LogP contribution in [0.25, 0.3) is 0 Å². The molecule has 0 aromatic carbocycles. The van der Waals surface area contributed by atoms with Crippen molar-refractivity contribution >= 4 is 12.4 Å². The average molecular weight is 108 g/mol. The maximum atomic E-state index is 3.21. The maximum absolute atomic E-state index is 3.21. The first-order chi connectivity index (χ1) is 2.39. The minimum atomic E-state index is 0. The number of rotatable bonds is 0. The third-order valence-corrected chi connectivity index (χ3v) is 1.07. The highest BCUT2D eigenvalue weighted by molar-refractivity contribution is 5.85. The third-order valence-electron chi connectivity index (χ3n) is 1.07. The van der Waals surface area contributed by atoms with Gasteiger partial charge in [-0.2, -0.15) is 0 Å². The minimum Gasteiger partial charge on any atom is -0.314 e. The van der Waals surface area contributed by atoms with Crippen LogP contribution in [0.2, 0.25) is 0 Å². The Bertz CT molecular complexity index is 34.5. The fourth-order valence-corrected chi connectivity index (χ4v) is 0.433. The van der Waals surface area contributed by atoms with E-state index in [1.165, 1.54) is 13.0 Å². The molecule has 0 aromatic heterocycles. The predicted molar refractivity (Wildman–Crippen MR) is 29.3 cm³/mol. The quantitative estimate of drug-likeness (QED) is 0.483. The van der Waals surface area contributed by atoms with Crippen molar-refractivity contribution in [2.75, 3.05) is 6.54 Å². The molecule has 1 fully saturated rings. The molecule has 1 aliphatic rings. The van der Waals surface area contributed by atoms with Gasteiger partial charge in [0.25, 0.3) is 0 Å². The van der Waals surface area contributed by atoms with Gasteiger partial charge in [-0.05, 0) is 19.9 Å². The third kappa shape index (κ3) is 1.15. The second-order valence-electron chi connectivity index (χ2n) is 1.64. The molecule has 38 valence electrons. The Morgan fingerprint density at radius 1 is 1.67 bits per heavy atom. The fourth-order valence-electron chi connectivity index (χ4n) is 0.433. The Balaban J connectivity index is 0.000000250. The molecular weight excluding hydrogens is 97.5 g/mol. The highest BCUT2D eigenvalue weighted by Gasteiger charge is 2.07. The monoisotopic (exact) mass is 107 g/mol. The Kier molecular flexibility index (Phi) is 2.53. The average Bonchev–Trinajstić information content (AvgIpc) is 1.30. The molecule has 1 saturated heterocycles. The van der Waals surface area contributed by atoms with Crippen LogP contribution < -0.4 is 5.32 Å². The van der Waals surface area contributed by atoms with Gasteiger partial charge in [0.1, 0.15) is 0 Å². The maximum Gasteiger partial charge on any atom is 0.00508 e. The van der Waals surface area contributed by atoms with Crippen molar-refractivity contribution in [1.82, 2.24) is 5.32 Å². The Hall–Kier alpha value is 0.250. The summed E-state index contributed by atoms with van der Waals surface area (Å²) in [4.78, 5) is 0. The summed E-state index contributed by atoms with van der Waals surface area (Å²) in [6.07, 6.45) is 1.38. The normalized spacial score (nSPS) is 30.5. The van der Waals surface area contributed by atoms with Crippen LogP contribution in [0, 0.1) is 0 Å². The summed E-state index contributed by atoms with van der Waals surface area (Å²) in [5, 5.41) is 3.21. The fraction of sp³-hybridized carbons (Fsp3) is 1.00. The predicted octanol–water partition coefficient (Wildman–Crippen LogP) is 0.790. The lowest BCUT2D eigenvalue weighted by Gasteiger charge is -2.22. The van der Waals surface area contributed by atoms with Crippen molar-refractivity contribution in [3.05, 3.63) is 0 Å². The molecule has 1 nitrogen and oxygen atoms in total. The molecule has 0 amide bonds. The standard InChI is InChI=1S/C4H9N.ClH/c1-4-2-3-5-4;/h4-5H,2-3H2,1H3;1H/t4-;/m1./s1. The van der Waals surface area contributed by atoms with E-state index in [9.17, 15) is 0 Å². The van der Waals surface area contributed by atoms with E-state index < -0.39 is 0 Å². The molecule has 0 saturated carbocycles. The molecule has 2 heteroatoms. The molecule has 0 radical (unpaired) electrons. The van der Waals surface area contributed by atoms with E-state index in [0.29, 0.717) is 0 Å². The summed E-state index contributed by atoms with van der Waals surface area (Å²) >= 11 is 0. The summed E-state index contributed by atoms with van der Waals surface area (Å²) in [5.74, 6) is 0. The van der Waals surface area contributed by atoms with E-state index in [2.05, 4.69) is 12.2 Å². The highest BCUT2D eigenvalue weighted by atomic mass is 35.5. The molecule has 1 atom stereocenters. The van der Waals surface area contributed by atoms with E-state index >= 15 is 0 Å². The van der Waals surface area contributed by atoms with Gasteiger partial charge in [-0.15, -0.1) is 12.4 Å². The lowest BCUT2D eigenvalue weighted by atomic mass is 10.1. The molecule has 0 aliphatic carbocycles. The highest BCUT2D eigenvalue weighted by Crippen LogP contribution is 1.96. The number of hydrogen-bond acceptors (Lipinski definition) is 1. The SMILES string of the molecule is C[C@@H]1CCN1.Cl. The van der Waals surface area contributed by atoms with E-state index in [1.807, 2.05) is 0 Å². The summed E-state index contributed by atoms with van der Waals surface area (Å²) in [7, 11) is 0. The van der Waals surface area contributed by atoms with Crippen molar-refractivity contribution in [3.8, 4) is 0 Å². The first-order valence-electron chi connectivity index (χ1n) is 2.13. The first kappa shape index (κ1) is 6.25. The topological polar surface area (TPSA) is 12.0 Å². The van der Waals surface area contributed by atoms with Gasteiger partial charge in [-0.3, -0.25) is 0 Å². The van der Waals surface area contributed by atoms with Crippen LogP contribution in [0.4, 0.5) is 0 Å². The van der Waals surface area contributed by atoms with Crippen molar-refractivity contribution in [3.63, 3.8) is 0 Å². The van der Waals surface area contributed by atoms with Crippen LogP contribution in [0.5, 0.6) is 0 Å². The van der Waals surface area contributed by atoms with Gasteiger partial charge in [-0.1, -0.05) is 0 Å². The van der Waals surface area contributed by atoms with Crippen molar-refractivity contribution in [2.24, 2.45) is 0 Å². The van der Waals surface area contributed by atoms with E-state index in [1.54, 1.807) is 0 Å². The van der Waals surface area contributed by atoms with Crippen LogP contribution in [0.3, 0.4) is 0 Å². The minimum absolute atomic E-state index is 0. The van der Waals surface area contributed by atoms with Gasteiger partial charge in [0, 0.05) is 6.04 Å². The Morgan fingerprint density at radius 2 is 2.00 bits per heavy atom. The van der Waals surface area contributed by atoms with Gasteiger partial charge in [0.2, 0.25) is 0 Å². The summed E-state index contributed by atoms with van der Waals surface area (Å²) in [5.41, 5.74) is 0. The van der Waals surface area contributed by atoms with Crippen molar-refractivity contribution in [2.45, 2.75) is 19.4 Å². The summed E-state index contributed by atoms with van der Waals surface area (Å²) < 4.78 is 0. The summed E-state index contributed by atoms with van der Waals surface area (Å²) in [6, 6.07) is 0.815. The number of halogens is 1. The Labute approximate surface area is 44.5 Å². The zero-order chi connectivity index (χ0) is 3.70. The second-order valence-corrected chi connectivity index (χ2v) is 1.64. The van der Waals surface area contributed by atoms with E-state index in [0.717, 1.165) is 6.04 Å². The van der Waals surface area contributed by atoms with Gasteiger partial charge in [-0.25, -0.2) is 0 Å². The smallest absolute Gasteiger partial charge is 0.00508 e. The lowest BCUT2D eigenvalue weighted by Crippen LogP contribution is -2.39. The first-order valence-corrected chi connectivity index (χ1v) is 2.13. The lowest BCUT2D eigenvalue weighted by molar-refractivity contribution is 0.399. The molecule has 0 bridgehead atoms. The van der Waals surface area contributed by atoms with Crippen molar-refractivity contribution in [1.29, 1.82) is 0 Å². The number of nitrogens with one attached hydrogen (secondary N) is 1.